The summed E-state index contributed by atoms with van der Waals surface area (Å²) >= 11 is 0. The number of carbonyl (C=O) groups excluding carboxylic acids is 1. The van der Waals surface area contributed by atoms with Crippen LogP contribution in [0.15, 0.2) is 12.4 Å². The number of hydrogen-bond donors (Lipinski definition) is 3. The number of nitrogens with zero attached hydrogens (tertiary/aromatic N) is 3. The number of carbonyl (C=O) groups is 2. The van der Waals surface area contributed by atoms with Crippen molar-refractivity contribution in [2.75, 3.05) is 6.54 Å². The van der Waals surface area contributed by atoms with Crippen LogP contribution in [-0.4, -0.2) is 55.8 Å². The second-order valence-corrected chi connectivity index (χ2v) is 4.70. The summed E-state index contributed by atoms with van der Waals surface area (Å²) in [5.74, 6) is -1.12. The maximum atomic E-state index is 11.9. The fourth-order valence-corrected chi connectivity index (χ4v) is 2.05. The number of carboxylic acids is 1. The number of aliphatic hydroxyl groups is 1. The van der Waals surface area contributed by atoms with Crippen LogP contribution in [0.1, 0.15) is 17.8 Å². The van der Waals surface area contributed by atoms with Gasteiger partial charge in [0.25, 0.3) is 0 Å². The highest BCUT2D eigenvalue weighted by Crippen LogP contribution is 2.18. The van der Waals surface area contributed by atoms with Gasteiger partial charge in [-0.1, -0.05) is 0 Å². The number of carboxylic acid groups (broad SMARTS) is 1. The molecule has 2 unspecified atom stereocenters. The Kier molecular flexibility index (Phi) is 4.14. The number of nitrogens with one attached hydrogen (secondary N) is 1. The molecule has 20 heavy (non-hydrogen) atoms. The van der Waals surface area contributed by atoms with Crippen molar-refractivity contribution in [3.63, 3.8) is 0 Å². The summed E-state index contributed by atoms with van der Waals surface area (Å²) in [6.07, 6.45) is 2.37. The van der Waals surface area contributed by atoms with Gasteiger partial charge >= 0.3 is 12.0 Å². The van der Waals surface area contributed by atoms with Gasteiger partial charge in [0.05, 0.1) is 30.2 Å². The van der Waals surface area contributed by atoms with Crippen molar-refractivity contribution >= 4 is 12.0 Å². The van der Waals surface area contributed by atoms with E-state index in [9.17, 15) is 14.7 Å². The number of aliphatic hydroxyl groups excluding tert-OH is 1. The average molecular weight is 280 g/mol. The number of hydrogen-bond acceptors (Lipinski definition) is 5. The molecule has 0 aliphatic carbocycles. The molecule has 2 amide bonds. The summed E-state index contributed by atoms with van der Waals surface area (Å²) in [5, 5.41) is 21.1. The zero-order chi connectivity index (χ0) is 14.7. The third-order valence-electron chi connectivity index (χ3n) is 3.08. The Labute approximate surface area is 115 Å². The molecule has 1 aromatic rings. The highest BCUT2D eigenvalue weighted by Gasteiger charge is 2.38. The maximum Gasteiger partial charge on any atom is 0.326 e. The van der Waals surface area contributed by atoms with Crippen LogP contribution in [0.4, 0.5) is 4.79 Å². The Bertz CT molecular complexity index is 505. The minimum atomic E-state index is -1.12. The highest BCUT2D eigenvalue weighted by atomic mass is 16.4. The lowest BCUT2D eigenvalue weighted by Crippen LogP contribution is -2.46. The fraction of sp³-hybridized carbons (Fsp3) is 0.500. The Morgan fingerprint density at radius 2 is 2.20 bits per heavy atom. The van der Waals surface area contributed by atoms with E-state index in [-0.39, 0.29) is 19.5 Å². The lowest BCUT2D eigenvalue weighted by Gasteiger charge is -2.21. The van der Waals surface area contributed by atoms with Gasteiger partial charge in [-0.25, -0.2) is 9.59 Å². The van der Waals surface area contributed by atoms with Gasteiger partial charge in [-0.2, -0.15) is 0 Å². The molecule has 1 saturated heterocycles. The molecule has 8 heteroatoms. The first-order valence-electron chi connectivity index (χ1n) is 6.20. The maximum absolute atomic E-state index is 11.9. The van der Waals surface area contributed by atoms with E-state index in [2.05, 4.69) is 15.3 Å². The molecule has 1 aliphatic rings. The molecule has 2 atom stereocenters. The van der Waals surface area contributed by atoms with Gasteiger partial charge in [-0.3, -0.25) is 9.97 Å². The van der Waals surface area contributed by atoms with Gasteiger partial charge < -0.3 is 20.4 Å². The number of β-amino-alcohol motifs (C(OH)–C–C–N with tert-alkyl or cyclic N) is 1. The third-order valence-corrected chi connectivity index (χ3v) is 3.08. The average Bonchev–Trinajstić information content (AvgIpc) is 2.80. The van der Waals surface area contributed by atoms with Crippen LogP contribution in [0.2, 0.25) is 0 Å². The van der Waals surface area contributed by atoms with Crippen LogP contribution in [0.25, 0.3) is 0 Å². The Balaban J connectivity index is 1.94. The monoisotopic (exact) mass is 280 g/mol. The first-order valence-corrected chi connectivity index (χ1v) is 6.20. The van der Waals surface area contributed by atoms with Crippen LogP contribution >= 0.6 is 0 Å². The predicted octanol–water partition coefficient (Wildman–Crippen LogP) is -0.486. The van der Waals surface area contributed by atoms with E-state index in [1.54, 1.807) is 19.3 Å². The molecule has 1 aliphatic heterocycles. The molecular formula is C12H16N4O4. The summed E-state index contributed by atoms with van der Waals surface area (Å²) in [5.41, 5.74) is 1.35. The molecule has 0 saturated carbocycles. The van der Waals surface area contributed by atoms with Crippen molar-refractivity contribution in [1.29, 1.82) is 0 Å². The topological polar surface area (TPSA) is 116 Å². The number of likely N-dealkylation sites (tertiary alicyclic amines) is 1. The summed E-state index contributed by atoms with van der Waals surface area (Å²) in [4.78, 5) is 32.2. The van der Waals surface area contributed by atoms with E-state index in [0.717, 1.165) is 10.6 Å². The van der Waals surface area contributed by atoms with Crippen LogP contribution in [-0.2, 0) is 11.3 Å². The molecule has 0 radical (unpaired) electrons. The summed E-state index contributed by atoms with van der Waals surface area (Å²) in [6.45, 7) is 1.98. The van der Waals surface area contributed by atoms with Crippen molar-refractivity contribution in [2.45, 2.75) is 32.0 Å². The van der Waals surface area contributed by atoms with E-state index in [1.165, 1.54) is 0 Å². The number of aryl methyl sites for hydroxylation is 1. The van der Waals surface area contributed by atoms with Crippen molar-refractivity contribution in [2.24, 2.45) is 0 Å². The number of aromatic nitrogens is 2. The zero-order valence-electron chi connectivity index (χ0n) is 11.0. The minimum absolute atomic E-state index is 0.0162. The summed E-state index contributed by atoms with van der Waals surface area (Å²) in [7, 11) is 0. The van der Waals surface area contributed by atoms with Crippen molar-refractivity contribution in [3.05, 3.63) is 23.8 Å². The smallest absolute Gasteiger partial charge is 0.326 e. The zero-order valence-corrected chi connectivity index (χ0v) is 11.0. The Morgan fingerprint density at radius 3 is 2.80 bits per heavy atom. The van der Waals surface area contributed by atoms with Gasteiger partial charge in [0.2, 0.25) is 0 Å². The molecule has 8 nitrogen and oxygen atoms in total. The van der Waals surface area contributed by atoms with Crippen molar-refractivity contribution in [1.82, 2.24) is 20.2 Å². The van der Waals surface area contributed by atoms with Crippen LogP contribution in [0.5, 0.6) is 0 Å². The van der Waals surface area contributed by atoms with Gasteiger partial charge in [0, 0.05) is 19.2 Å². The molecule has 0 spiro atoms. The SMILES string of the molecule is Cc1cnc(CNC(=O)N2CC(O)CC2C(=O)O)cn1. The number of amides is 2. The van der Waals surface area contributed by atoms with Crippen molar-refractivity contribution in [3.8, 4) is 0 Å². The second kappa shape index (κ2) is 5.83. The van der Waals surface area contributed by atoms with Gasteiger partial charge in [-0.05, 0) is 6.92 Å². The van der Waals surface area contributed by atoms with Crippen molar-refractivity contribution < 1.29 is 19.8 Å². The molecule has 1 aromatic heterocycles. The molecule has 108 valence electrons. The number of aliphatic carboxylic acids is 1. The lowest BCUT2D eigenvalue weighted by atomic mass is 10.2. The first-order chi connectivity index (χ1) is 9.47. The van der Waals surface area contributed by atoms with Gasteiger partial charge in [0.1, 0.15) is 6.04 Å². The molecule has 0 bridgehead atoms. The van der Waals surface area contributed by atoms with E-state index < -0.39 is 24.1 Å². The van der Waals surface area contributed by atoms with Gasteiger partial charge in [-0.15, -0.1) is 0 Å². The van der Waals surface area contributed by atoms with Crippen LogP contribution in [0.3, 0.4) is 0 Å². The van der Waals surface area contributed by atoms with Crippen LogP contribution in [0, 0.1) is 6.92 Å². The molecule has 3 N–H and O–H groups in total. The van der Waals surface area contributed by atoms with Gasteiger partial charge in [0.15, 0.2) is 0 Å². The standard InChI is InChI=1S/C12H16N4O4/c1-7-3-14-8(4-13-7)5-15-12(20)16-6-9(17)2-10(16)11(18)19/h3-4,9-10,17H,2,5-6H2,1H3,(H,15,20)(H,18,19). The summed E-state index contributed by atoms with van der Waals surface area (Å²) < 4.78 is 0. The summed E-state index contributed by atoms with van der Waals surface area (Å²) in [6, 6.07) is -1.52. The van der Waals surface area contributed by atoms with E-state index >= 15 is 0 Å². The predicted molar refractivity (Wildman–Crippen MR) is 67.8 cm³/mol. The fourth-order valence-electron chi connectivity index (χ4n) is 2.05. The molecular weight excluding hydrogens is 264 g/mol. The minimum Gasteiger partial charge on any atom is -0.480 e. The molecule has 2 heterocycles. The normalized spacial score (nSPS) is 21.8. The lowest BCUT2D eigenvalue weighted by molar-refractivity contribution is -0.141. The van der Waals surface area contributed by atoms with E-state index in [4.69, 9.17) is 5.11 Å². The first kappa shape index (κ1) is 14.2. The Hall–Kier alpha value is -2.22. The second-order valence-electron chi connectivity index (χ2n) is 4.70. The quantitative estimate of drug-likeness (QED) is 0.688. The van der Waals surface area contributed by atoms with E-state index in [0.29, 0.717) is 5.69 Å². The number of urea groups is 1. The van der Waals surface area contributed by atoms with Crippen LogP contribution < -0.4 is 5.32 Å². The molecule has 1 fully saturated rings. The molecule has 0 aromatic carbocycles. The Morgan fingerprint density at radius 1 is 1.45 bits per heavy atom. The third kappa shape index (κ3) is 3.21. The van der Waals surface area contributed by atoms with E-state index in [1.807, 2.05) is 0 Å². The highest BCUT2D eigenvalue weighted by molar-refractivity contribution is 5.83. The largest absolute Gasteiger partial charge is 0.480 e. The molecule has 2 rings (SSSR count). The number of rotatable bonds is 3.